The first-order valence-electron chi connectivity index (χ1n) is 8.03. The normalized spacial score (nSPS) is 15.5. The monoisotopic (exact) mass is 382 g/mol. The van der Waals surface area contributed by atoms with E-state index in [9.17, 15) is 0 Å². The first kappa shape index (κ1) is 17.8. The first-order valence-corrected chi connectivity index (χ1v) is 9.61. The van der Waals surface area contributed by atoms with Gasteiger partial charge in [-0.3, -0.25) is 0 Å². The smallest absolute Gasteiger partial charge is 0.159 e. The zero-order valence-electron chi connectivity index (χ0n) is 13.5. The summed E-state index contributed by atoms with van der Waals surface area (Å²) < 4.78 is 0. The molecule has 0 saturated carbocycles. The number of anilines is 1. The molecule has 3 rings (SSSR count). The second-order valence-corrected chi connectivity index (χ2v) is 7.71. The minimum absolute atomic E-state index is 0.547. The molecule has 0 unspecified atom stereocenters. The Morgan fingerprint density at radius 1 is 1.29 bits per heavy atom. The fourth-order valence-corrected chi connectivity index (χ4v) is 4.00. The molecule has 1 aromatic heterocycles. The van der Waals surface area contributed by atoms with Crippen LogP contribution in [0.4, 0.5) is 5.82 Å². The van der Waals surface area contributed by atoms with Crippen LogP contribution in [0.3, 0.4) is 0 Å². The van der Waals surface area contributed by atoms with Gasteiger partial charge in [-0.25, -0.2) is 9.97 Å². The van der Waals surface area contributed by atoms with E-state index in [1.165, 1.54) is 24.6 Å². The average molecular weight is 383 g/mol. The van der Waals surface area contributed by atoms with E-state index in [0.717, 1.165) is 41.1 Å². The fraction of sp³-hybridized carbons (Fsp3) is 0.412. The van der Waals surface area contributed by atoms with Crippen LogP contribution in [0.2, 0.25) is 10.0 Å². The Morgan fingerprint density at radius 2 is 2.08 bits per heavy atom. The van der Waals surface area contributed by atoms with Gasteiger partial charge in [-0.1, -0.05) is 41.0 Å². The minimum Gasteiger partial charge on any atom is -0.368 e. The van der Waals surface area contributed by atoms with Crippen molar-refractivity contribution in [1.82, 2.24) is 15.3 Å². The van der Waals surface area contributed by atoms with E-state index in [0.29, 0.717) is 16.0 Å². The van der Waals surface area contributed by atoms with Crippen molar-refractivity contribution in [2.24, 2.45) is 5.92 Å². The van der Waals surface area contributed by atoms with E-state index < -0.39 is 0 Å². The lowest BCUT2D eigenvalue weighted by molar-refractivity contribution is 0.389. The maximum absolute atomic E-state index is 6.30. The van der Waals surface area contributed by atoms with Crippen LogP contribution in [0.15, 0.2) is 34.3 Å². The highest BCUT2D eigenvalue weighted by Gasteiger charge is 2.16. The number of piperidine rings is 1. The Balaban J connectivity index is 1.76. The van der Waals surface area contributed by atoms with Gasteiger partial charge >= 0.3 is 0 Å². The number of aryl methyl sites for hydroxylation is 1. The van der Waals surface area contributed by atoms with Crippen LogP contribution in [0, 0.1) is 12.8 Å². The summed E-state index contributed by atoms with van der Waals surface area (Å²) >= 11 is 13.9. The highest BCUT2D eigenvalue weighted by molar-refractivity contribution is 7.99. The summed E-state index contributed by atoms with van der Waals surface area (Å²) in [6.45, 7) is 5.04. The van der Waals surface area contributed by atoms with Gasteiger partial charge < -0.3 is 10.6 Å². The second kappa shape index (κ2) is 8.39. The van der Waals surface area contributed by atoms with Crippen molar-refractivity contribution in [2.45, 2.75) is 29.7 Å². The predicted octanol–water partition coefficient (Wildman–Crippen LogP) is 4.65. The number of nitrogens with zero attached hydrogens (tertiary/aromatic N) is 2. The third kappa shape index (κ3) is 4.54. The van der Waals surface area contributed by atoms with Gasteiger partial charge in [0.2, 0.25) is 0 Å². The third-order valence-electron chi connectivity index (χ3n) is 4.00. The number of halogens is 2. The zero-order valence-corrected chi connectivity index (χ0v) is 15.8. The van der Waals surface area contributed by atoms with Crippen LogP contribution in [-0.2, 0) is 0 Å². The number of benzene rings is 1. The van der Waals surface area contributed by atoms with Gasteiger partial charge in [0, 0.05) is 17.6 Å². The maximum atomic E-state index is 6.30. The molecular weight excluding hydrogens is 363 g/mol. The summed E-state index contributed by atoms with van der Waals surface area (Å²) in [5.74, 6) is 1.48. The minimum atomic E-state index is 0.547. The predicted molar refractivity (Wildman–Crippen MR) is 101 cm³/mol. The highest BCUT2D eigenvalue weighted by Crippen LogP contribution is 2.38. The highest BCUT2D eigenvalue weighted by atomic mass is 35.5. The molecule has 1 fully saturated rings. The van der Waals surface area contributed by atoms with Gasteiger partial charge in [-0.15, -0.1) is 0 Å². The van der Waals surface area contributed by atoms with Crippen molar-refractivity contribution >= 4 is 40.8 Å². The molecule has 7 heteroatoms. The van der Waals surface area contributed by atoms with Crippen molar-refractivity contribution in [3.8, 4) is 0 Å². The van der Waals surface area contributed by atoms with E-state index >= 15 is 0 Å². The van der Waals surface area contributed by atoms with Crippen molar-refractivity contribution in [2.75, 3.05) is 25.0 Å². The molecule has 0 atom stereocenters. The average Bonchev–Trinajstić information content (AvgIpc) is 2.60. The number of nitrogens with one attached hydrogen (secondary N) is 2. The molecule has 1 aromatic carbocycles. The molecular formula is C17H20Cl2N4S. The van der Waals surface area contributed by atoms with Gasteiger partial charge in [-0.05, 0) is 50.9 Å². The molecule has 0 radical (unpaired) electrons. The van der Waals surface area contributed by atoms with Gasteiger partial charge in [-0.2, -0.15) is 0 Å². The van der Waals surface area contributed by atoms with Gasteiger partial charge in [0.15, 0.2) is 5.82 Å². The molecule has 128 valence electrons. The lowest BCUT2D eigenvalue weighted by atomic mass is 9.98. The first-order chi connectivity index (χ1) is 11.6. The van der Waals surface area contributed by atoms with E-state index in [2.05, 4.69) is 20.6 Å². The quantitative estimate of drug-likeness (QED) is 0.787. The SMILES string of the molecule is Cc1cnc(Sc2cccc(Cl)c2Cl)c(NCC2CCNCC2)n1. The topological polar surface area (TPSA) is 49.8 Å². The fourth-order valence-electron chi connectivity index (χ4n) is 2.65. The molecule has 1 aliphatic heterocycles. The summed E-state index contributed by atoms with van der Waals surface area (Å²) in [5.41, 5.74) is 0.893. The van der Waals surface area contributed by atoms with Crippen molar-refractivity contribution in [1.29, 1.82) is 0 Å². The van der Waals surface area contributed by atoms with Crippen molar-refractivity contribution in [3.05, 3.63) is 40.1 Å². The molecule has 0 aliphatic carbocycles. The lowest BCUT2D eigenvalue weighted by Gasteiger charge is -2.23. The molecule has 4 nitrogen and oxygen atoms in total. The zero-order chi connectivity index (χ0) is 16.9. The Hall–Kier alpha value is -1.01. The third-order valence-corrected chi connectivity index (χ3v) is 5.98. The second-order valence-electron chi connectivity index (χ2n) is 5.89. The van der Waals surface area contributed by atoms with Gasteiger partial charge in [0.25, 0.3) is 0 Å². The molecule has 0 bridgehead atoms. The molecule has 2 aromatic rings. The molecule has 1 aliphatic rings. The van der Waals surface area contributed by atoms with Crippen LogP contribution in [0.25, 0.3) is 0 Å². The summed E-state index contributed by atoms with van der Waals surface area (Å²) in [6, 6.07) is 5.61. The van der Waals surface area contributed by atoms with Gasteiger partial charge in [0.05, 0.1) is 15.7 Å². The van der Waals surface area contributed by atoms with Crippen LogP contribution in [0.5, 0.6) is 0 Å². The Bertz CT molecular complexity index is 705. The number of hydrogen-bond acceptors (Lipinski definition) is 5. The Kier molecular flexibility index (Phi) is 6.22. The lowest BCUT2D eigenvalue weighted by Crippen LogP contribution is -2.31. The van der Waals surface area contributed by atoms with Crippen LogP contribution in [-0.4, -0.2) is 29.6 Å². The summed E-state index contributed by atoms with van der Waals surface area (Å²) in [6.07, 6.45) is 4.15. The summed E-state index contributed by atoms with van der Waals surface area (Å²) in [5, 5.41) is 8.79. The maximum Gasteiger partial charge on any atom is 0.159 e. The molecule has 1 saturated heterocycles. The summed E-state index contributed by atoms with van der Waals surface area (Å²) in [7, 11) is 0. The van der Waals surface area contributed by atoms with E-state index in [-0.39, 0.29) is 0 Å². The number of rotatable bonds is 5. The van der Waals surface area contributed by atoms with Gasteiger partial charge in [0.1, 0.15) is 5.03 Å². The number of hydrogen-bond donors (Lipinski definition) is 2. The van der Waals surface area contributed by atoms with E-state index in [4.69, 9.17) is 23.2 Å². The van der Waals surface area contributed by atoms with Crippen LogP contribution < -0.4 is 10.6 Å². The molecule has 2 N–H and O–H groups in total. The van der Waals surface area contributed by atoms with E-state index in [1.807, 2.05) is 19.1 Å². The molecule has 2 heterocycles. The van der Waals surface area contributed by atoms with Crippen molar-refractivity contribution < 1.29 is 0 Å². The largest absolute Gasteiger partial charge is 0.368 e. The number of aromatic nitrogens is 2. The summed E-state index contributed by atoms with van der Waals surface area (Å²) in [4.78, 5) is 10.0. The van der Waals surface area contributed by atoms with Crippen molar-refractivity contribution in [3.63, 3.8) is 0 Å². The molecule has 24 heavy (non-hydrogen) atoms. The molecule has 0 spiro atoms. The Morgan fingerprint density at radius 3 is 2.88 bits per heavy atom. The van der Waals surface area contributed by atoms with E-state index in [1.54, 1.807) is 12.3 Å². The van der Waals surface area contributed by atoms with Crippen LogP contribution in [0.1, 0.15) is 18.5 Å². The molecule has 0 amide bonds. The standard InChI is InChI=1S/C17H20Cl2N4S/c1-11-9-22-17(24-14-4-2-3-13(18)15(14)19)16(23-11)21-10-12-5-7-20-8-6-12/h2-4,9,12,20H,5-8,10H2,1H3,(H,21,23). The Labute approximate surface area is 156 Å². The van der Waals surface area contributed by atoms with Crippen LogP contribution >= 0.6 is 35.0 Å².